The van der Waals surface area contributed by atoms with Crippen molar-refractivity contribution in [1.29, 1.82) is 0 Å². The highest BCUT2D eigenvalue weighted by Crippen LogP contribution is 2.32. The van der Waals surface area contributed by atoms with Crippen molar-refractivity contribution in [3.63, 3.8) is 0 Å². The van der Waals surface area contributed by atoms with Crippen molar-refractivity contribution in [2.45, 2.75) is 104 Å². The molecular weight excluding hydrogens is 758 g/mol. The number of nitro benzene ring substituents is 1. The fourth-order valence-corrected chi connectivity index (χ4v) is 5.89. The summed E-state index contributed by atoms with van der Waals surface area (Å²) < 4.78 is 35.1. The quantitative estimate of drug-likeness (QED) is 0.0936. The number of benzene rings is 1. The van der Waals surface area contributed by atoms with Gasteiger partial charge in [0.05, 0.1) is 11.1 Å². The van der Waals surface area contributed by atoms with Crippen LogP contribution >= 0.6 is 0 Å². The molecule has 306 valence electrons. The SMILES string of the molecule is CC(=O)Nc1nc2ncc([C@H](OC(C)=O)[C@H](C)O[C@@H]3O[C@H](COC(C)=O)[C@@H](OC(C)=O)[C@H](OC(C)=O)[C@H]3NC(C)=O)nc2c(=O)n1CCc1ccc([N+](=O)[O-])cc1. The van der Waals surface area contributed by atoms with E-state index in [-0.39, 0.29) is 41.5 Å². The minimum absolute atomic E-state index is 0.0517. The molecular formula is C35H41N7O15. The van der Waals surface area contributed by atoms with Gasteiger partial charge in [-0.25, -0.2) is 9.97 Å². The monoisotopic (exact) mass is 799 g/mol. The third kappa shape index (κ3) is 11.5. The standard InChI is InChI=1S/C35H41N7O15/c1-16(53-34-27(37-17(2)43)31(56-22(7)48)30(55-21(6)47)26(57-34)15-52-19(4)45)29(54-20(5)46)25-14-36-32-28(39-25)33(49)41(35(40-32)38-18(3)44)13-12-23-8-10-24(11-9-23)42(50)51/h8-11,14,16,26-27,29-31,34H,12-13,15H2,1-7H3,(H,37,43)(H,36,38,40,44)/t16-,26+,27+,29+,30+,31+,34+/m0/s1. The van der Waals surface area contributed by atoms with Gasteiger partial charge in [-0.05, 0) is 18.9 Å². The van der Waals surface area contributed by atoms with Gasteiger partial charge in [0.2, 0.25) is 17.8 Å². The third-order valence-electron chi connectivity index (χ3n) is 8.18. The molecule has 1 aromatic carbocycles. The van der Waals surface area contributed by atoms with E-state index in [1.54, 1.807) is 0 Å². The van der Waals surface area contributed by atoms with Gasteiger partial charge >= 0.3 is 23.9 Å². The van der Waals surface area contributed by atoms with E-state index < -0.39 is 95.6 Å². The molecule has 0 aliphatic carbocycles. The summed E-state index contributed by atoms with van der Waals surface area (Å²) in [6.45, 7) is 7.66. The van der Waals surface area contributed by atoms with Crippen LogP contribution in [0, 0.1) is 10.1 Å². The molecule has 0 spiro atoms. The lowest BCUT2D eigenvalue weighted by Crippen LogP contribution is -2.67. The number of anilines is 1. The van der Waals surface area contributed by atoms with E-state index in [0.29, 0.717) is 5.56 Å². The number of nitro groups is 1. The number of hydrogen-bond acceptors (Lipinski definition) is 18. The van der Waals surface area contributed by atoms with Crippen LogP contribution < -0.4 is 16.2 Å². The number of amides is 2. The van der Waals surface area contributed by atoms with E-state index in [1.165, 1.54) is 38.1 Å². The second-order valence-electron chi connectivity index (χ2n) is 12.8. The van der Waals surface area contributed by atoms with Crippen molar-refractivity contribution in [2.75, 3.05) is 11.9 Å². The van der Waals surface area contributed by atoms with Gasteiger partial charge < -0.3 is 33.7 Å². The molecule has 1 aliphatic heterocycles. The summed E-state index contributed by atoms with van der Waals surface area (Å²) in [6.07, 6.45) is -7.00. The molecule has 4 rings (SSSR count). The number of rotatable bonds is 15. The molecule has 2 amide bonds. The Morgan fingerprint density at radius 1 is 0.912 bits per heavy atom. The topological polar surface area (TPSA) is 286 Å². The van der Waals surface area contributed by atoms with Crippen molar-refractivity contribution in [1.82, 2.24) is 24.8 Å². The van der Waals surface area contributed by atoms with E-state index in [2.05, 4.69) is 25.6 Å². The van der Waals surface area contributed by atoms with Gasteiger partial charge in [0.15, 0.2) is 35.8 Å². The van der Waals surface area contributed by atoms with Crippen LogP contribution in [0.3, 0.4) is 0 Å². The van der Waals surface area contributed by atoms with E-state index >= 15 is 0 Å². The van der Waals surface area contributed by atoms with Crippen LogP contribution in [-0.2, 0) is 70.2 Å². The van der Waals surface area contributed by atoms with Crippen molar-refractivity contribution < 1.29 is 62.1 Å². The number of fused-ring (bicyclic) bond motifs is 1. The first-order valence-corrected chi connectivity index (χ1v) is 17.4. The predicted octanol–water partition coefficient (Wildman–Crippen LogP) is 0.961. The van der Waals surface area contributed by atoms with Gasteiger partial charge in [0.25, 0.3) is 11.2 Å². The largest absolute Gasteiger partial charge is 0.463 e. The summed E-state index contributed by atoms with van der Waals surface area (Å²) >= 11 is 0. The maximum absolute atomic E-state index is 14.0. The van der Waals surface area contributed by atoms with Crippen molar-refractivity contribution in [3.8, 4) is 0 Å². The first kappa shape index (κ1) is 43.3. The molecule has 0 radical (unpaired) electrons. The number of non-ortho nitro benzene ring substituents is 1. The Morgan fingerprint density at radius 3 is 2.12 bits per heavy atom. The van der Waals surface area contributed by atoms with Crippen LogP contribution in [0.2, 0.25) is 0 Å². The normalized spacial score (nSPS) is 20.0. The van der Waals surface area contributed by atoms with E-state index in [9.17, 15) is 43.7 Å². The van der Waals surface area contributed by atoms with Gasteiger partial charge in [-0.3, -0.25) is 53.6 Å². The molecule has 1 saturated heterocycles. The molecule has 7 atom stereocenters. The molecule has 1 aliphatic rings. The number of aromatic nitrogens is 4. The van der Waals surface area contributed by atoms with Gasteiger partial charge in [0.1, 0.15) is 30.6 Å². The number of carbonyl (C=O) groups excluding carboxylic acids is 6. The summed E-state index contributed by atoms with van der Waals surface area (Å²) in [7, 11) is 0. The second-order valence-corrected chi connectivity index (χ2v) is 12.8. The first-order chi connectivity index (χ1) is 26.8. The fraction of sp³-hybridized carbons (Fsp3) is 0.486. The van der Waals surface area contributed by atoms with E-state index in [1.807, 2.05) is 0 Å². The Hall–Kier alpha value is -6.42. The number of nitrogens with one attached hydrogen (secondary N) is 2. The second kappa shape index (κ2) is 18.9. The first-order valence-electron chi connectivity index (χ1n) is 17.4. The lowest BCUT2D eigenvalue weighted by Gasteiger charge is -2.45. The van der Waals surface area contributed by atoms with Crippen LogP contribution in [0.4, 0.5) is 11.6 Å². The Bertz CT molecular complexity index is 2090. The van der Waals surface area contributed by atoms with Gasteiger partial charge in [-0.15, -0.1) is 0 Å². The molecule has 22 heteroatoms. The zero-order valence-electron chi connectivity index (χ0n) is 31.9. The lowest BCUT2D eigenvalue weighted by molar-refractivity contribution is -0.384. The Morgan fingerprint density at radius 2 is 1.56 bits per heavy atom. The predicted molar refractivity (Wildman–Crippen MR) is 192 cm³/mol. The summed E-state index contributed by atoms with van der Waals surface area (Å²) in [5, 5.41) is 16.2. The highest BCUT2D eigenvalue weighted by Gasteiger charge is 2.52. The minimum atomic E-state index is -1.55. The number of aryl methyl sites for hydroxylation is 1. The number of carbonyl (C=O) groups is 6. The van der Waals surface area contributed by atoms with Gasteiger partial charge in [0, 0.05) is 60.2 Å². The number of hydrogen-bond donors (Lipinski definition) is 2. The minimum Gasteiger partial charge on any atom is -0.463 e. The fourth-order valence-electron chi connectivity index (χ4n) is 5.89. The van der Waals surface area contributed by atoms with Gasteiger partial charge in [-0.1, -0.05) is 12.1 Å². The zero-order chi connectivity index (χ0) is 42.1. The maximum Gasteiger partial charge on any atom is 0.303 e. The van der Waals surface area contributed by atoms with Crippen LogP contribution in [-0.4, -0.2) is 103 Å². The third-order valence-corrected chi connectivity index (χ3v) is 8.18. The molecule has 0 unspecified atom stereocenters. The smallest absolute Gasteiger partial charge is 0.303 e. The lowest BCUT2D eigenvalue weighted by atomic mass is 9.95. The van der Waals surface area contributed by atoms with Crippen LogP contribution in [0.5, 0.6) is 0 Å². The van der Waals surface area contributed by atoms with Gasteiger partial charge in [-0.2, -0.15) is 4.98 Å². The van der Waals surface area contributed by atoms with Crippen molar-refractivity contribution >= 4 is 58.5 Å². The van der Waals surface area contributed by atoms with Crippen molar-refractivity contribution in [2.24, 2.45) is 0 Å². The highest BCUT2D eigenvalue weighted by molar-refractivity contribution is 5.87. The average Bonchev–Trinajstić information content (AvgIpc) is 3.11. The molecule has 57 heavy (non-hydrogen) atoms. The Balaban J connectivity index is 1.75. The summed E-state index contributed by atoms with van der Waals surface area (Å²) in [4.78, 5) is 111. The molecule has 0 saturated carbocycles. The molecule has 0 bridgehead atoms. The van der Waals surface area contributed by atoms with E-state index in [0.717, 1.165) is 45.4 Å². The Kier molecular flexibility index (Phi) is 14.4. The van der Waals surface area contributed by atoms with E-state index in [4.69, 9.17) is 28.4 Å². The number of esters is 4. The van der Waals surface area contributed by atoms with Crippen LogP contribution in [0.15, 0.2) is 35.3 Å². The zero-order valence-corrected chi connectivity index (χ0v) is 31.9. The molecule has 2 N–H and O–H groups in total. The Labute approximate surface area is 323 Å². The highest BCUT2D eigenvalue weighted by atomic mass is 16.7. The summed E-state index contributed by atoms with van der Waals surface area (Å²) in [5.74, 6) is -4.47. The summed E-state index contributed by atoms with van der Waals surface area (Å²) in [6, 6.07) is 4.32. The van der Waals surface area contributed by atoms with Crippen molar-refractivity contribution in [3.05, 3.63) is 62.2 Å². The van der Waals surface area contributed by atoms with Crippen LogP contribution in [0.25, 0.3) is 11.2 Å². The molecule has 3 heterocycles. The molecule has 1 fully saturated rings. The average molecular weight is 800 g/mol. The molecule has 2 aromatic heterocycles. The molecule has 3 aromatic rings. The summed E-state index contributed by atoms with van der Waals surface area (Å²) in [5.41, 5.74) is -0.801. The maximum atomic E-state index is 14.0. The number of ether oxygens (including phenoxy) is 6. The molecule has 22 nitrogen and oxygen atoms in total. The number of nitrogens with zero attached hydrogens (tertiary/aromatic N) is 5. The van der Waals surface area contributed by atoms with Crippen LogP contribution in [0.1, 0.15) is 65.8 Å².